The number of esters is 1. The third-order valence-electron chi connectivity index (χ3n) is 3.76. The maximum absolute atomic E-state index is 13.0. The Kier molecular flexibility index (Phi) is 4.42. The van der Waals surface area contributed by atoms with E-state index in [1.54, 1.807) is 17.6 Å². The molecule has 0 aliphatic carbocycles. The first-order valence-electron chi connectivity index (χ1n) is 7.64. The van der Waals surface area contributed by atoms with Crippen LogP contribution in [0.15, 0.2) is 54.6 Å². The van der Waals surface area contributed by atoms with Gasteiger partial charge >= 0.3 is 5.97 Å². The maximum Gasteiger partial charge on any atom is 0.354 e. The molecule has 0 spiro atoms. The minimum atomic E-state index is -0.472. The van der Waals surface area contributed by atoms with Crippen LogP contribution in [0, 0.1) is 5.82 Å². The summed E-state index contributed by atoms with van der Waals surface area (Å²) in [6, 6.07) is 14.5. The summed E-state index contributed by atoms with van der Waals surface area (Å²) in [5, 5.41) is 0.854. The summed E-state index contributed by atoms with van der Waals surface area (Å²) < 4.78 is 19.7. The van der Waals surface area contributed by atoms with E-state index in [1.807, 2.05) is 24.3 Å². The molecule has 0 saturated heterocycles. The largest absolute Gasteiger partial charge is 0.461 e. The first-order valence-corrected chi connectivity index (χ1v) is 7.64. The van der Waals surface area contributed by atoms with Gasteiger partial charge in [0.2, 0.25) is 0 Å². The quantitative estimate of drug-likeness (QED) is 0.529. The van der Waals surface area contributed by atoms with Gasteiger partial charge in [-0.3, -0.25) is 4.79 Å². The van der Waals surface area contributed by atoms with E-state index in [1.165, 1.54) is 24.3 Å². The average Bonchev–Trinajstić information content (AvgIpc) is 2.94. The molecule has 4 nitrogen and oxygen atoms in total. The second-order valence-electron chi connectivity index (χ2n) is 5.33. The lowest BCUT2D eigenvalue weighted by molar-refractivity contribution is 0.0514. The van der Waals surface area contributed by atoms with Gasteiger partial charge in [-0.2, -0.15) is 0 Å². The zero-order valence-corrected chi connectivity index (χ0v) is 13.2. The molecular weight excluding hydrogens is 309 g/mol. The molecule has 1 aromatic heterocycles. The van der Waals surface area contributed by atoms with Gasteiger partial charge in [0.1, 0.15) is 11.5 Å². The summed E-state index contributed by atoms with van der Waals surface area (Å²) in [7, 11) is 0. The number of hydrogen-bond donors (Lipinski definition) is 0. The van der Waals surface area contributed by atoms with Gasteiger partial charge in [0.25, 0.3) is 0 Å². The van der Waals surface area contributed by atoms with Crippen molar-refractivity contribution < 1.29 is 18.7 Å². The maximum atomic E-state index is 13.0. The standard InChI is InChI=1S/C19H16FNO3/c1-2-24-19(23)17-11-14-5-3-4-6-16(14)21(17)12-18(22)13-7-9-15(20)10-8-13/h3-11H,2,12H2,1H3. The molecule has 0 aliphatic rings. The van der Waals surface area contributed by atoms with E-state index in [-0.39, 0.29) is 18.9 Å². The highest BCUT2D eigenvalue weighted by Crippen LogP contribution is 2.21. The van der Waals surface area contributed by atoms with E-state index in [2.05, 4.69) is 0 Å². The van der Waals surface area contributed by atoms with E-state index in [0.29, 0.717) is 11.3 Å². The Morgan fingerprint density at radius 1 is 1.08 bits per heavy atom. The Bertz CT molecular complexity index is 897. The summed E-state index contributed by atoms with van der Waals surface area (Å²) in [6.07, 6.45) is 0. The van der Waals surface area contributed by atoms with Crippen molar-refractivity contribution >= 4 is 22.7 Å². The van der Waals surface area contributed by atoms with Crippen LogP contribution < -0.4 is 0 Å². The molecule has 0 radical (unpaired) electrons. The van der Waals surface area contributed by atoms with Gasteiger partial charge in [0.15, 0.2) is 5.78 Å². The summed E-state index contributed by atoms with van der Waals surface area (Å²) in [6.45, 7) is 1.97. The third-order valence-corrected chi connectivity index (χ3v) is 3.76. The number of fused-ring (bicyclic) bond motifs is 1. The molecule has 5 heteroatoms. The molecule has 0 atom stereocenters. The van der Waals surface area contributed by atoms with Crippen LogP contribution in [0.2, 0.25) is 0 Å². The highest BCUT2D eigenvalue weighted by atomic mass is 19.1. The molecule has 0 aliphatic heterocycles. The molecule has 0 unspecified atom stereocenters. The smallest absolute Gasteiger partial charge is 0.354 e. The highest BCUT2D eigenvalue weighted by Gasteiger charge is 2.19. The Balaban J connectivity index is 2.00. The third kappa shape index (κ3) is 3.06. The number of ether oxygens (including phenoxy) is 1. The molecule has 0 fully saturated rings. The molecule has 0 saturated carbocycles. The molecule has 3 aromatic rings. The van der Waals surface area contributed by atoms with Gasteiger partial charge < -0.3 is 9.30 Å². The van der Waals surface area contributed by atoms with Crippen LogP contribution in [0.5, 0.6) is 0 Å². The second-order valence-corrected chi connectivity index (χ2v) is 5.33. The Labute approximate surface area is 138 Å². The van der Waals surface area contributed by atoms with Crippen molar-refractivity contribution in [1.82, 2.24) is 4.57 Å². The molecule has 2 aromatic carbocycles. The lowest BCUT2D eigenvalue weighted by Gasteiger charge is -2.09. The lowest BCUT2D eigenvalue weighted by Crippen LogP contribution is -2.17. The Hall–Kier alpha value is -2.95. The monoisotopic (exact) mass is 325 g/mol. The zero-order chi connectivity index (χ0) is 17.1. The first kappa shape index (κ1) is 15.9. The number of carbonyl (C=O) groups is 2. The predicted octanol–water partition coefficient (Wildman–Crippen LogP) is 3.84. The van der Waals surface area contributed by atoms with Gasteiger partial charge in [-0.05, 0) is 43.3 Å². The molecule has 0 N–H and O–H groups in total. The minimum Gasteiger partial charge on any atom is -0.461 e. The van der Waals surface area contributed by atoms with E-state index in [4.69, 9.17) is 4.74 Å². The molecular formula is C19H16FNO3. The molecule has 3 rings (SSSR count). The number of carbonyl (C=O) groups excluding carboxylic acids is 2. The van der Waals surface area contributed by atoms with Crippen LogP contribution in [0.25, 0.3) is 10.9 Å². The molecule has 1 heterocycles. The summed E-state index contributed by atoms with van der Waals surface area (Å²) in [5.41, 5.74) is 1.49. The van der Waals surface area contributed by atoms with Crippen LogP contribution in [0.4, 0.5) is 4.39 Å². The van der Waals surface area contributed by atoms with Gasteiger partial charge in [-0.1, -0.05) is 18.2 Å². The topological polar surface area (TPSA) is 48.3 Å². The number of Topliss-reactive ketones (excluding diaryl/α,β-unsaturated/α-hetero) is 1. The normalized spacial score (nSPS) is 10.8. The highest BCUT2D eigenvalue weighted by molar-refractivity contribution is 6.00. The van der Waals surface area contributed by atoms with Crippen molar-refractivity contribution in [3.05, 3.63) is 71.7 Å². The summed E-state index contributed by atoms with van der Waals surface area (Å²) in [4.78, 5) is 24.7. The van der Waals surface area contributed by atoms with E-state index >= 15 is 0 Å². The van der Waals surface area contributed by atoms with Crippen LogP contribution >= 0.6 is 0 Å². The van der Waals surface area contributed by atoms with Crippen molar-refractivity contribution in [3.8, 4) is 0 Å². The summed E-state index contributed by atoms with van der Waals surface area (Å²) >= 11 is 0. The lowest BCUT2D eigenvalue weighted by atomic mass is 10.1. The van der Waals surface area contributed by atoms with E-state index < -0.39 is 11.8 Å². The molecule has 122 valence electrons. The number of nitrogens with zero attached hydrogens (tertiary/aromatic N) is 1. The zero-order valence-electron chi connectivity index (χ0n) is 13.2. The van der Waals surface area contributed by atoms with Crippen molar-refractivity contribution in [2.45, 2.75) is 13.5 Å². The van der Waals surface area contributed by atoms with Gasteiger partial charge in [-0.25, -0.2) is 9.18 Å². The Morgan fingerprint density at radius 2 is 1.79 bits per heavy atom. The SMILES string of the molecule is CCOC(=O)c1cc2ccccc2n1CC(=O)c1ccc(F)cc1. The van der Waals surface area contributed by atoms with Crippen LogP contribution in [0.1, 0.15) is 27.8 Å². The van der Waals surface area contributed by atoms with Gasteiger partial charge in [0, 0.05) is 16.5 Å². The van der Waals surface area contributed by atoms with E-state index in [9.17, 15) is 14.0 Å². The van der Waals surface area contributed by atoms with Crippen LogP contribution in [-0.4, -0.2) is 22.9 Å². The van der Waals surface area contributed by atoms with Crippen molar-refractivity contribution in [2.24, 2.45) is 0 Å². The number of halogens is 1. The summed E-state index contributed by atoms with van der Waals surface area (Å²) in [5.74, 6) is -1.08. The fourth-order valence-electron chi connectivity index (χ4n) is 2.63. The van der Waals surface area contributed by atoms with Crippen molar-refractivity contribution in [3.63, 3.8) is 0 Å². The number of aromatic nitrogens is 1. The number of benzene rings is 2. The average molecular weight is 325 g/mol. The Morgan fingerprint density at radius 3 is 2.50 bits per heavy atom. The van der Waals surface area contributed by atoms with Crippen molar-refractivity contribution in [1.29, 1.82) is 0 Å². The molecule has 0 bridgehead atoms. The minimum absolute atomic E-state index is 0.0205. The van der Waals surface area contributed by atoms with Crippen LogP contribution in [-0.2, 0) is 11.3 Å². The fourth-order valence-corrected chi connectivity index (χ4v) is 2.63. The second kappa shape index (κ2) is 6.66. The van der Waals surface area contributed by atoms with Gasteiger partial charge in [0.05, 0.1) is 13.2 Å². The van der Waals surface area contributed by atoms with Crippen LogP contribution in [0.3, 0.4) is 0 Å². The number of para-hydroxylation sites is 1. The predicted molar refractivity (Wildman–Crippen MR) is 88.6 cm³/mol. The molecule has 0 amide bonds. The number of rotatable bonds is 5. The first-order chi connectivity index (χ1) is 11.6. The van der Waals surface area contributed by atoms with Gasteiger partial charge in [-0.15, -0.1) is 0 Å². The fraction of sp³-hybridized carbons (Fsp3) is 0.158. The van der Waals surface area contributed by atoms with Crippen molar-refractivity contribution in [2.75, 3.05) is 6.61 Å². The number of hydrogen-bond acceptors (Lipinski definition) is 3. The molecule has 24 heavy (non-hydrogen) atoms. The van der Waals surface area contributed by atoms with E-state index in [0.717, 1.165) is 10.9 Å². The number of ketones is 1.